The molecule has 28 heavy (non-hydrogen) atoms. The monoisotopic (exact) mass is 536 g/mol. The number of sulfonamides is 1. The fourth-order valence-electron chi connectivity index (χ4n) is 2.36. The van der Waals surface area contributed by atoms with Crippen LogP contribution in [0.25, 0.3) is 0 Å². The van der Waals surface area contributed by atoms with Gasteiger partial charge < -0.3 is 10.6 Å². The van der Waals surface area contributed by atoms with Crippen molar-refractivity contribution < 1.29 is 8.42 Å². The number of hydrogen-bond donors (Lipinski definition) is 3. The van der Waals surface area contributed by atoms with Gasteiger partial charge in [-0.3, -0.25) is 4.99 Å². The van der Waals surface area contributed by atoms with Gasteiger partial charge in [0.2, 0.25) is 10.0 Å². The highest BCUT2D eigenvalue weighted by molar-refractivity contribution is 14.0. The summed E-state index contributed by atoms with van der Waals surface area (Å²) in [6.07, 6.45) is 0.814. The van der Waals surface area contributed by atoms with Crippen molar-refractivity contribution in [2.24, 2.45) is 4.99 Å². The van der Waals surface area contributed by atoms with Crippen LogP contribution in [0.3, 0.4) is 0 Å². The van der Waals surface area contributed by atoms with Gasteiger partial charge in [0.05, 0.1) is 5.75 Å². The average molecular weight is 537 g/mol. The van der Waals surface area contributed by atoms with Gasteiger partial charge in [-0.2, -0.15) is 0 Å². The van der Waals surface area contributed by atoms with Crippen molar-refractivity contribution in [3.05, 3.63) is 70.7 Å². The summed E-state index contributed by atoms with van der Waals surface area (Å²) in [5, 5.41) is 6.90. The van der Waals surface area contributed by atoms with Gasteiger partial charge in [-0.15, -0.1) is 24.0 Å². The van der Waals surface area contributed by atoms with E-state index < -0.39 is 10.0 Å². The lowest BCUT2D eigenvalue weighted by molar-refractivity contribution is 0.580. The van der Waals surface area contributed by atoms with Crippen LogP contribution in [0.1, 0.15) is 11.1 Å². The number of guanidine groups is 1. The Bertz CT molecular complexity index is 831. The van der Waals surface area contributed by atoms with Crippen molar-refractivity contribution in [2.75, 3.05) is 25.9 Å². The first-order valence-electron chi connectivity index (χ1n) is 8.69. The van der Waals surface area contributed by atoms with Gasteiger partial charge >= 0.3 is 0 Å². The quantitative estimate of drug-likeness (QED) is 0.262. The fraction of sp³-hybridized carbons (Fsp3) is 0.316. The molecule has 0 atom stereocenters. The molecule has 2 aromatic carbocycles. The molecule has 0 bridgehead atoms. The highest BCUT2D eigenvalue weighted by atomic mass is 127. The highest BCUT2D eigenvalue weighted by Crippen LogP contribution is 2.09. The normalized spacial score (nSPS) is 11.6. The zero-order valence-corrected chi connectivity index (χ0v) is 19.6. The van der Waals surface area contributed by atoms with Gasteiger partial charge in [0.25, 0.3) is 0 Å². The summed E-state index contributed by atoms with van der Waals surface area (Å²) < 4.78 is 26.8. The van der Waals surface area contributed by atoms with Gasteiger partial charge in [-0.05, 0) is 29.7 Å². The largest absolute Gasteiger partial charge is 0.356 e. The molecule has 0 unspecified atom stereocenters. The molecule has 0 saturated carbocycles. The molecule has 0 aliphatic heterocycles. The lowest BCUT2D eigenvalue weighted by atomic mass is 10.1. The molecule has 0 aliphatic rings. The van der Waals surface area contributed by atoms with Crippen LogP contribution in [-0.4, -0.2) is 40.3 Å². The molecule has 0 spiro atoms. The third-order valence-electron chi connectivity index (χ3n) is 3.85. The van der Waals surface area contributed by atoms with Gasteiger partial charge in [-0.1, -0.05) is 54.1 Å². The van der Waals surface area contributed by atoms with Gasteiger partial charge in [0, 0.05) is 31.7 Å². The maximum Gasteiger partial charge on any atom is 0.213 e. The topological polar surface area (TPSA) is 82.6 Å². The molecule has 9 heteroatoms. The minimum Gasteiger partial charge on any atom is -0.356 e. The highest BCUT2D eigenvalue weighted by Gasteiger charge is 2.10. The van der Waals surface area contributed by atoms with Crippen molar-refractivity contribution in [3.63, 3.8) is 0 Å². The summed E-state index contributed by atoms with van der Waals surface area (Å²) in [6, 6.07) is 17.1. The van der Waals surface area contributed by atoms with Crippen molar-refractivity contribution in [2.45, 2.75) is 13.0 Å². The number of nitrogens with one attached hydrogen (secondary N) is 3. The van der Waals surface area contributed by atoms with E-state index in [2.05, 4.69) is 20.3 Å². The summed E-state index contributed by atoms with van der Waals surface area (Å²) >= 11 is 5.87. The zero-order chi connectivity index (χ0) is 19.5. The summed E-state index contributed by atoms with van der Waals surface area (Å²) in [7, 11) is -1.71. The summed E-state index contributed by atoms with van der Waals surface area (Å²) in [5.74, 6) is 0.541. The van der Waals surface area contributed by atoms with Crippen LogP contribution in [-0.2, 0) is 23.0 Å². The molecule has 3 N–H and O–H groups in total. The van der Waals surface area contributed by atoms with E-state index in [0.717, 1.165) is 17.5 Å². The van der Waals surface area contributed by atoms with E-state index >= 15 is 0 Å². The number of benzene rings is 2. The lowest BCUT2D eigenvalue weighted by Crippen LogP contribution is -2.41. The Morgan fingerprint density at radius 3 is 2.25 bits per heavy atom. The first-order chi connectivity index (χ1) is 13.0. The molecule has 0 heterocycles. The molecule has 6 nitrogen and oxygen atoms in total. The molecule has 0 aromatic heterocycles. The van der Waals surface area contributed by atoms with E-state index in [1.54, 1.807) is 7.05 Å². The Labute approximate surface area is 189 Å². The zero-order valence-electron chi connectivity index (χ0n) is 15.7. The first kappa shape index (κ1) is 24.7. The summed E-state index contributed by atoms with van der Waals surface area (Å²) in [5.41, 5.74) is 2.09. The molecule has 0 aliphatic carbocycles. The molecule has 0 radical (unpaired) electrons. The fourth-order valence-corrected chi connectivity index (χ4v) is 3.39. The third-order valence-corrected chi connectivity index (χ3v) is 5.42. The van der Waals surface area contributed by atoms with E-state index in [0.29, 0.717) is 17.5 Å². The number of halogens is 2. The molecular weight excluding hydrogens is 511 g/mol. The second kappa shape index (κ2) is 13.0. The molecule has 0 saturated heterocycles. The molecule has 0 fully saturated rings. The van der Waals surface area contributed by atoms with E-state index in [-0.39, 0.29) is 42.8 Å². The van der Waals surface area contributed by atoms with Gasteiger partial charge in [0.15, 0.2) is 5.96 Å². The van der Waals surface area contributed by atoms with Crippen LogP contribution < -0.4 is 15.4 Å². The Morgan fingerprint density at radius 2 is 1.61 bits per heavy atom. The van der Waals surface area contributed by atoms with Gasteiger partial charge in [0.1, 0.15) is 0 Å². The lowest BCUT2D eigenvalue weighted by Gasteiger charge is -2.12. The summed E-state index contributed by atoms with van der Waals surface area (Å²) in [4.78, 5) is 4.10. The van der Waals surface area contributed by atoms with Crippen molar-refractivity contribution in [1.29, 1.82) is 0 Å². The Kier molecular flexibility index (Phi) is 11.4. The third kappa shape index (κ3) is 9.72. The number of rotatable bonds is 9. The Balaban J connectivity index is 0.00000392. The SMILES string of the molecule is CN=C(NCCc1ccc(Cl)cc1)NCCS(=O)(=O)NCc1ccccc1.I. The van der Waals surface area contributed by atoms with E-state index in [9.17, 15) is 8.42 Å². The molecule has 2 aromatic rings. The van der Waals surface area contributed by atoms with Crippen molar-refractivity contribution in [3.8, 4) is 0 Å². The van der Waals surface area contributed by atoms with E-state index in [4.69, 9.17) is 11.6 Å². The number of nitrogens with zero attached hydrogens (tertiary/aromatic N) is 1. The van der Waals surface area contributed by atoms with Crippen LogP contribution in [0.5, 0.6) is 0 Å². The van der Waals surface area contributed by atoms with Crippen LogP contribution in [0.15, 0.2) is 59.6 Å². The van der Waals surface area contributed by atoms with E-state index in [1.165, 1.54) is 0 Å². The number of hydrogen-bond acceptors (Lipinski definition) is 3. The van der Waals surface area contributed by atoms with Gasteiger partial charge in [-0.25, -0.2) is 13.1 Å². The molecule has 154 valence electrons. The second-order valence-electron chi connectivity index (χ2n) is 5.93. The maximum atomic E-state index is 12.1. The van der Waals surface area contributed by atoms with E-state index in [1.807, 2.05) is 54.6 Å². The predicted octanol–water partition coefficient (Wildman–Crippen LogP) is 2.79. The van der Waals surface area contributed by atoms with Crippen molar-refractivity contribution >= 4 is 51.6 Å². The standard InChI is InChI=1S/C19H25ClN4O2S.HI/c1-21-19(22-12-11-16-7-9-18(20)10-8-16)23-13-14-27(25,26)24-15-17-5-3-2-4-6-17;/h2-10,24H,11-15H2,1H3,(H2,21,22,23);1H. The molecular formula is C19H26ClIN4O2S. The first-order valence-corrected chi connectivity index (χ1v) is 10.7. The molecule has 2 rings (SSSR count). The van der Waals surface area contributed by atoms with Crippen LogP contribution in [0.4, 0.5) is 0 Å². The summed E-state index contributed by atoms with van der Waals surface area (Å²) in [6.45, 7) is 1.24. The molecule has 0 amide bonds. The Morgan fingerprint density at radius 1 is 0.964 bits per heavy atom. The second-order valence-corrected chi connectivity index (χ2v) is 8.29. The minimum absolute atomic E-state index is 0. The predicted molar refractivity (Wildman–Crippen MR) is 127 cm³/mol. The minimum atomic E-state index is -3.36. The van der Waals surface area contributed by atoms with Crippen molar-refractivity contribution in [1.82, 2.24) is 15.4 Å². The average Bonchev–Trinajstić information content (AvgIpc) is 2.67. The number of aliphatic imine (C=N–C) groups is 1. The maximum absolute atomic E-state index is 12.1. The van der Waals surface area contributed by atoms with Crippen LogP contribution in [0.2, 0.25) is 5.02 Å². The van der Waals surface area contributed by atoms with Crippen LogP contribution in [0, 0.1) is 0 Å². The Hall–Kier alpha value is -1.36. The van der Waals surface area contributed by atoms with Crippen LogP contribution >= 0.6 is 35.6 Å². The smallest absolute Gasteiger partial charge is 0.213 e.